The summed E-state index contributed by atoms with van der Waals surface area (Å²) in [4.78, 5) is 29.0. The van der Waals surface area contributed by atoms with Crippen molar-refractivity contribution in [2.75, 3.05) is 6.54 Å². The second kappa shape index (κ2) is 7.62. The van der Waals surface area contributed by atoms with E-state index in [0.717, 1.165) is 35.9 Å². The molecular weight excluding hydrogens is 352 g/mol. The Morgan fingerprint density at radius 2 is 2.11 bits per heavy atom. The lowest BCUT2D eigenvalue weighted by Crippen LogP contribution is -2.33. The first-order valence-electron chi connectivity index (χ1n) is 10.0. The maximum absolute atomic E-state index is 12.9. The van der Waals surface area contributed by atoms with E-state index in [1.54, 1.807) is 0 Å². The zero-order valence-electron chi connectivity index (χ0n) is 16.4. The van der Waals surface area contributed by atoms with E-state index in [1.165, 1.54) is 24.5 Å². The van der Waals surface area contributed by atoms with Crippen LogP contribution in [0.2, 0.25) is 0 Å². The fourth-order valence-electron chi connectivity index (χ4n) is 4.13. The van der Waals surface area contributed by atoms with Gasteiger partial charge in [-0.3, -0.25) is 14.3 Å². The van der Waals surface area contributed by atoms with Crippen LogP contribution in [0.4, 0.5) is 0 Å². The van der Waals surface area contributed by atoms with Crippen molar-refractivity contribution in [2.45, 2.75) is 52.0 Å². The lowest BCUT2D eigenvalue weighted by molar-refractivity contribution is -0.124. The minimum atomic E-state index is -0.425. The minimum absolute atomic E-state index is 0.0304. The fraction of sp³-hybridized carbons (Fsp3) is 0.409. The number of aromatic nitrogens is 3. The monoisotopic (exact) mass is 378 g/mol. The van der Waals surface area contributed by atoms with Gasteiger partial charge in [-0.2, -0.15) is 4.98 Å². The number of fused-ring (bicyclic) bond motifs is 3. The second-order valence-electron chi connectivity index (χ2n) is 7.56. The number of hydrogen-bond donors (Lipinski definition) is 1. The summed E-state index contributed by atoms with van der Waals surface area (Å²) < 4.78 is 3.81. The van der Waals surface area contributed by atoms with Gasteiger partial charge >= 0.3 is 0 Å². The number of carbonyl (C=O) groups excluding carboxylic acids is 1. The summed E-state index contributed by atoms with van der Waals surface area (Å²) in [6.45, 7) is 4.41. The van der Waals surface area contributed by atoms with Crippen molar-refractivity contribution in [1.29, 1.82) is 0 Å². The van der Waals surface area contributed by atoms with Crippen LogP contribution in [0, 0.1) is 6.92 Å². The summed E-state index contributed by atoms with van der Waals surface area (Å²) in [5.74, 6) is -0.0304. The number of amides is 1. The number of rotatable bonds is 5. The van der Waals surface area contributed by atoms with E-state index in [1.807, 2.05) is 47.3 Å². The molecule has 1 atom stereocenters. The molecule has 1 aliphatic carbocycles. The van der Waals surface area contributed by atoms with Crippen molar-refractivity contribution in [3.8, 4) is 0 Å². The van der Waals surface area contributed by atoms with Crippen LogP contribution in [0.25, 0.3) is 16.6 Å². The van der Waals surface area contributed by atoms with Gasteiger partial charge in [0, 0.05) is 23.7 Å². The van der Waals surface area contributed by atoms with E-state index in [-0.39, 0.29) is 11.5 Å². The molecule has 0 bridgehead atoms. The van der Waals surface area contributed by atoms with Crippen LogP contribution in [0.5, 0.6) is 0 Å². The average molecular weight is 378 g/mol. The standard InChI is InChI=1S/C22H26N4O2/c1-15-14-20(27)24-21-18-10-6-7-11-19(18)26(25(15)21)16(2)22(28)23-13-12-17-8-4-3-5-9-17/h6-8,10-11,14,16H,3-5,9,12-13H2,1-2H3,(H,23,28)/t16-/m0/s1. The maximum Gasteiger partial charge on any atom is 0.273 e. The molecular formula is C22H26N4O2. The van der Waals surface area contributed by atoms with Crippen molar-refractivity contribution < 1.29 is 4.79 Å². The van der Waals surface area contributed by atoms with Crippen LogP contribution in [0.15, 0.2) is 46.8 Å². The van der Waals surface area contributed by atoms with Crippen LogP contribution >= 0.6 is 0 Å². The summed E-state index contributed by atoms with van der Waals surface area (Å²) in [5, 5.41) is 3.95. The van der Waals surface area contributed by atoms with Crippen molar-refractivity contribution in [2.24, 2.45) is 0 Å². The Bertz CT molecular complexity index is 1120. The predicted molar refractivity (Wildman–Crippen MR) is 111 cm³/mol. The number of allylic oxidation sites excluding steroid dienone is 1. The van der Waals surface area contributed by atoms with Gasteiger partial charge < -0.3 is 5.32 Å². The molecule has 1 aromatic carbocycles. The Balaban J connectivity index is 1.64. The van der Waals surface area contributed by atoms with Crippen LogP contribution in [0.1, 0.15) is 50.8 Å². The SMILES string of the molecule is Cc1cc(=O)nc2c3ccccc3n([C@@H](C)C(=O)NCCC3=CCCCC3)n12. The Hall–Kier alpha value is -2.89. The van der Waals surface area contributed by atoms with Gasteiger partial charge in [0.2, 0.25) is 5.91 Å². The molecule has 0 radical (unpaired) electrons. The number of carbonyl (C=O) groups is 1. The van der Waals surface area contributed by atoms with Crippen LogP contribution in [-0.4, -0.2) is 26.6 Å². The van der Waals surface area contributed by atoms with Gasteiger partial charge in [-0.25, -0.2) is 4.52 Å². The highest BCUT2D eigenvalue weighted by atomic mass is 16.2. The highest BCUT2D eigenvalue weighted by Gasteiger charge is 2.22. The first-order chi connectivity index (χ1) is 13.6. The number of nitrogens with one attached hydrogen (secondary N) is 1. The summed E-state index contributed by atoms with van der Waals surface area (Å²) in [7, 11) is 0. The topological polar surface area (TPSA) is 68.4 Å². The fourth-order valence-corrected chi connectivity index (χ4v) is 4.13. The predicted octanol–water partition coefficient (Wildman–Crippen LogP) is 3.53. The third-order valence-corrected chi connectivity index (χ3v) is 5.57. The largest absolute Gasteiger partial charge is 0.354 e. The van der Waals surface area contributed by atoms with E-state index >= 15 is 0 Å². The van der Waals surface area contributed by atoms with Crippen molar-refractivity contribution in [3.05, 3.63) is 58.0 Å². The second-order valence-corrected chi connectivity index (χ2v) is 7.56. The first-order valence-corrected chi connectivity index (χ1v) is 10.0. The molecule has 0 unspecified atom stereocenters. The highest BCUT2D eigenvalue weighted by molar-refractivity contribution is 5.94. The molecule has 6 nitrogen and oxygen atoms in total. The number of aryl methyl sites for hydroxylation is 1. The third kappa shape index (κ3) is 3.35. The van der Waals surface area contributed by atoms with Gasteiger partial charge in [0.1, 0.15) is 6.04 Å². The van der Waals surface area contributed by atoms with Gasteiger partial charge in [-0.15, -0.1) is 0 Å². The molecule has 4 rings (SSSR count). The minimum Gasteiger partial charge on any atom is -0.354 e. The quantitative estimate of drug-likeness (QED) is 0.691. The van der Waals surface area contributed by atoms with E-state index in [2.05, 4.69) is 16.4 Å². The lowest BCUT2D eigenvalue weighted by atomic mass is 9.97. The van der Waals surface area contributed by atoms with E-state index in [0.29, 0.717) is 12.2 Å². The first kappa shape index (κ1) is 18.5. The molecule has 28 heavy (non-hydrogen) atoms. The zero-order valence-corrected chi connectivity index (χ0v) is 16.4. The maximum atomic E-state index is 12.9. The normalized spacial score (nSPS) is 15.6. The van der Waals surface area contributed by atoms with Gasteiger partial charge in [-0.05, 0) is 58.1 Å². The molecule has 0 spiro atoms. The molecule has 1 aliphatic rings. The molecule has 2 aromatic heterocycles. The molecule has 0 aliphatic heterocycles. The number of nitrogens with zero attached hydrogens (tertiary/aromatic N) is 3. The van der Waals surface area contributed by atoms with E-state index in [4.69, 9.17) is 0 Å². The molecule has 6 heteroatoms. The summed E-state index contributed by atoms with van der Waals surface area (Å²) in [6, 6.07) is 8.83. The van der Waals surface area contributed by atoms with Crippen LogP contribution < -0.4 is 10.9 Å². The molecule has 1 N–H and O–H groups in total. The molecule has 0 saturated carbocycles. The highest BCUT2D eigenvalue weighted by Crippen LogP contribution is 2.25. The Morgan fingerprint density at radius 1 is 1.29 bits per heavy atom. The third-order valence-electron chi connectivity index (χ3n) is 5.57. The Labute approximate surface area is 163 Å². The van der Waals surface area contributed by atoms with Crippen molar-refractivity contribution in [1.82, 2.24) is 19.5 Å². The molecule has 0 saturated heterocycles. The summed E-state index contributed by atoms with van der Waals surface area (Å²) in [6.07, 6.45) is 8.07. The Morgan fingerprint density at radius 3 is 2.89 bits per heavy atom. The van der Waals surface area contributed by atoms with Gasteiger partial charge in [0.25, 0.3) is 5.56 Å². The molecule has 3 aromatic rings. The van der Waals surface area contributed by atoms with Gasteiger partial charge in [0.15, 0.2) is 5.65 Å². The number of para-hydroxylation sites is 1. The zero-order chi connectivity index (χ0) is 19.7. The molecule has 146 valence electrons. The van der Waals surface area contributed by atoms with E-state index < -0.39 is 6.04 Å². The smallest absolute Gasteiger partial charge is 0.273 e. The summed E-state index contributed by atoms with van der Waals surface area (Å²) in [5.41, 5.74) is 3.43. The van der Waals surface area contributed by atoms with E-state index in [9.17, 15) is 9.59 Å². The Kier molecular flexibility index (Phi) is 5.03. The summed E-state index contributed by atoms with van der Waals surface area (Å²) >= 11 is 0. The number of benzene rings is 1. The molecule has 1 amide bonds. The van der Waals surface area contributed by atoms with Crippen molar-refractivity contribution in [3.63, 3.8) is 0 Å². The molecule has 0 fully saturated rings. The van der Waals surface area contributed by atoms with Gasteiger partial charge in [-0.1, -0.05) is 23.8 Å². The van der Waals surface area contributed by atoms with Gasteiger partial charge in [0.05, 0.1) is 5.52 Å². The lowest BCUT2D eigenvalue weighted by Gasteiger charge is -2.19. The van der Waals surface area contributed by atoms with Crippen LogP contribution in [-0.2, 0) is 4.79 Å². The van der Waals surface area contributed by atoms with Crippen molar-refractivity contribution >= 4 is 22.5 Å². The average Bonchev–Trinajstić information content (AvgIpc) is 3.03. The number of hydrogen-bond acceptors (Lipinski definition) is 3. The molecule has 2 heterocycles. The van der Waals surface area contributed by atoms with Crippen LogP contribution in [0.3, 0.4) is 0 Å².